The second-order valence-electron chi connectivity index (χ2n) is 5.29. The summed E-state index contributed by atoms with van der Waals surface area (Å²) in [4.78, 5) is 5.05. The van der Waals surface area contributed by atoms with Gasteiger partial charge in [0.1, 0.15) is 0 Å². The van der Waals surface area contributed by atoms with Crippen LogP contribution in [0.2, 0.25) is 0 Å². The van der Waals surface area contributed by atoms with Gasteiger partial charge in [-0.3, -0.25) is 9.80 Å². The Morgan fingerprint density at radius 3 is 2.36 bits per heavy atom. The minimum Gasteiger partial charge on any atom is -0.329 e. The predicted octanol–water partition coefficient (Wildman–Crippen LogP) is 0.750. The molecule has 1 saturated heterocycles. The minimum atomic E-state index is 0.309. The first kappa shape index (κ1) is 12.0. The maximum absolute atomic E-state index is 5.59. The van der Waals surface area contributed by atoms with Gasteiger partial charge in [0, 0.05) is 44.3 Å². The molecule has 0 saturated carbocycles. The Hall–Kier alpha value is -0.120. The summed E-state index contributed by atoms with van der Waals surface area (Å²) in [5, 5.41) is 0. The largest absolute Gasteiger partial charge is 0.329 e. The molecular weight excluding hydrogens is 174 g/mol. The van der Waals surface area contributed by atoms with E-state index < -0.39 is 0 Å². The summed E-state index contributed by atoms with van der Waals surface area (Å²) in [5.41, 5.74) is 5.90. The molecule has 0 aromatic heterocycles. The third-order valence-electron chi connectivity index (χ3n) is 3.13. The number of nitrogens with zero attached hydrogens (tertiary/aromatic N) is 2. The summed E-state index contributed by atoms with van der Waals surface area (Å²) in [6, 6.07) is 0.645. The summed E-state index contributed by atoms with van der Waals surface area (Å²) in [5.74, 6) is 0. The smallest absolute Gasteiger partial charge is 0.0196 e. The van der Waals surface area contributed by atoms with E-state index in [4.69, 9.17) is 5.73 Å². The van der Waals surface area contributed by atoms with E-state index in [-0.39, 0.29) is 0 Å². The van der Waals surface area contributed by atoms with E-state index >= 15 is 0 Å². The van der Waals surface area contributed by atoms with Gasteiger partial charge < -0.3 is 5.73 Å². The highest BCUT2D eigenvalue weighted by atomic mass is 15.3. The zero-order chi connectivity index (χ0) is 10.8. The van der Waals surface area contributed by atoms with Gasteiger partial charge >= 0.3 is 0 Å². The molecule has 14 heavy (non-hydrogen) atoms. The topological polar surface area (TPSA) is 32.5 Å². The second kappa shape index (κ2) is 4.60. The Morgan fingerprint density at radius 1 is 1.29 bits per heavy atom. The zero-order valence-corrected chi connectivity index (χ0v) is 10.1. The first-order chi connectivity index (χ1) is 6.45. The van der Waals surface area contributed by atoms with Crippen molar-refractivity contribution >= 4 is 0 Å². The molecule has 1 fully saturated rings. The van der Waals surface area contributed by atoms with Gasteiger partial charge in [0.2, 0.25) is 0 Å². The van der Waals surface area contributed by atoms with Crippen molar-refractivity contribution in [3.05, 3.63) is 0 Å². The van der Waals surface area contributed by atoms with Crippen LogP contribution in [0.3, 0.4) is 0 Å². The van der Waals surface area contributed by atoms with Gasteiger partial charge in [0.25, 0.3) is 0 Å². The third-order valence-corrected chi connectivity index (χ3v) is 3.13. The zero-order valence-electron chi connectivity index (χ0n) is 10.1. The van der Waals surface area contributed by atoms with Crippen molar-refractivity contribution in [2.45, 2.75) is 39.3 Å². The van der Waals surface area contributed by atoms with Crippen LogP contribution in [0.25, 0.3) is 0 Å². The molecule has 3 nitrogen and oxygen atoms in total. The van der Waals surface area contributed by atoms with E-state index in [1.165, 1.54) is 13.1 Å². The summed E-state index contributed by atoms with van der Waals surface area (Å²) in [6.45, 7) is 14.5. The lowest BCUT2D eigenvalue weighted by atomic mass is 10.0. The molecule has 0 aromatic rings. The molecule has 0 amide bonds. The molecule has 3 heteroatoms. The average molecular weight is 199 g/mol. The maximum atomic E-state index is 5.59. The number of hydrogen-bond acceptors (Lipinski definition) is 3. The standard InChI is InChI=1S/C11H25N3/c1-10-9-14(11(2,3)4)8-7-13(10)6-5-12/h10H,5-9,12H2,1-4H3. The molecule has 0 bridgehead atoms. The second-order valence-corrected chi connectivity index (χ2v) is 5.29. The van der Waals surface area contributed by atoms with Crippen LogP contribution < -0.4 is 5.73 Å². The summed E-state index contributed by atoms with van der Waals surface area (Å²) >= 11 is 0. The van der Waals surface area contributed by atoms with Crippen LogP contribution in [0.1, 0.15) is 27.7 Å². The fourth-order valence-electron chi connectivity index (χ4n) is 2.10. The number of rotatable bonds is 2. The molecule has 0 spiro atoms. The van der Waals surface area contributed by atoms with Gasteiger partial charge in [-0.05, 0) is 27.7 Å². The van der Waals surface area contributed by atoms with Gasteiger partial charge in [-0.2, -0.15) is 0 Å². The maximum Gasteiger partial charge on any atom is 0.0196 e. The van der Waals surface area contributed by atoms with Crippen molar-refractivity contribution in [2.24, 2.45) is 5.73 Å². The van der Waals surface area contributed by atoms with E-state index in [1.807, 2.05) is 0 Å². The molecule has 0 radical (unpaired) electrons. The van der Waals surface area contributed by atoms with Gasteiger partial charge in [-0.25, -0.2) is 0 Å². The number of hydrogen-bond donors (Lipinski definition) is 1. The van der Waals surface area contributed by atoms with E-state index in [0.717, 1.165) is 19.6 Å². The molecule has 1 rings (SSSR count). The van der Waals surface area contributed by atoms with Crippen LogP contribution in [-0.4, -0.2) is 54.1 Å². The molecule has 0 aliphatic carbocycles. The molecule has 1 atom stereocenters. The van der Waals surface area contributed by atoms with Crippen molar-refractivity contribution in [3.8, 4) is 0 Å². The van der Waals surface area contributed by atoms with Crippen molar-refractivity contribution in [2.75, 3.05) is 32.7 Å². The van der Waals surface area contributed by atoms with E-state index in [2.05, 4.69) is 37.5 Å². The fraction of sp³-hybridized carbons (Fsp3) is 1.00. The van der Waals surface area contributed by atoms with Crippen LogP contribution >= 0.6 is 0 Å². The third kappa shape index (κ3) is 2.94. The molecule has 1 aliphatic rings. The van der Waals surface area contributed by atoms with Gasteiger partial charge in [-0.1, -0.05) is 0 Å². The predicted molar refractivity (Wildman–Crippen MR) is 61.4 cm³/mol. The lowest BCUT2D eigenvalue weighted by Crippen LogP contribution is -2.57. The highest BCUT2D eigenvalue weighted by Gasteiger charge is 2.29. The average Bonchev–Trinajstić information content (AvgIpc) is 2.07. The Bertz CT molecular complexity index is 174. The Kier molecular flexibility index (Phi) is 3.93. The monoisotopic (exact) mass is 199 g/mol. The Balaban J connectivity index is 2.46. The lowest BCUT2D eigenvalue weighted by molar-refractivity contribution is 0.0301. The van der Waals surface area contributed by atoms with Crippen molar-refractivity contribution in [3.63, 3.8) is 0 Å². The SMILES string of the molecule is CC1CN(C(C)(C)C)CCN1CCN. The normalized spacial score (nSPS) is 26.8. The Labute approximate surface area is 88.2 Å². The van der Waals surface area contributed by atoms with Crippen LogP contribution in [0.15, 0.2) is 0 Å². The Morgan fingerprint density at radius 2 is 1.93 bits per heavy atom. The van der Waals surface area contributed by atoms with Crippen LogP contribution in [0.5, 0.6) is 0 Å². The van der Waals surface area contributed by atoms with Gasteiger partial charge in [-0.15, -0.1) is 0 Å². The van der Waals surface area contributed by atoms with Crippen molar-refractivity contribution < 1.29 is 0 Å². The minimum absolute atomic E-state index is 0.309. The van der Waals surface area contributed by atoms with Crippen molar-refractivity contribution in [1.29, 1.82) is 0 Å². The van der Waals surface area contributed by atoms with Gasteiger partial charge in [0.05, 0.1) is 0 Å². The van der Waals surface area contributed by atoms with Gasteiger partial charge in [0.15, 0.2) is 0 Å². The number of piperazine rings is 1. The van der Waals surface area contributed by atoms with Crippen LogP contribution in [-0.2, 0) is 0 Å². The molecule has 2 N–H and O–H groups in total. The lowest BCUT2D eigenvalue weighted by Gasteiger charge is -2.45. The fourth-order valence-corrected chi connectivity index (χ4v) is 2.10. The summed E-state index contributed by atoms with van der Waals surface area (Å²) in [7, 11) is 0. The van der Waals surface area contributed by atoms with Crippen LogP contribution in [0.4, 0.5) is 0 Å². The molecule has 1 unspecified atom stereocenters. The molecule has 0 aromatic carbocycles. The quantitative estimate of drug-likeness (QED) is 0.712. The first-order valence-electron chi connectivity index (χ1n) is 5.64. The summed E-state index contributed by atoms with van der Waals surface area (Å²) < 4.78 is 0. The van der Waals surface area contributed by atoms with Crippen LogP contribution in [0, 0.1) is 0 Å². The molecule has 1 aliphatic heterocycles. The highest BCUT2D eigenvalue weighted by Crippen LogP contribution is 2.18. The van der Waals surface area contributed by atoms with Crippen molar-refractivity contribution in [1.82, 2.24) is 9.80 Å². The summed E-state index contributed by atoms with van der Waals surface area (Å²) in [6.07, 6.45) is 0. The van der Waals surface area contributed by atoms with E-state index in [1.54, 1.807) is 0 Å². The molecular formula is C11H25N3. The van der Waals surface area contributed by atoms with E-state index in [0.29, 0.717) is 11.6 Å². The highest BCUT2D eigenvalue weighted by molar-refractivity contribution is 4.86. The van der Waals surface area contributed by atoms with E-state index in [9.17, 15) is 0 Å². The molecule has 84 valence electrons. The first-order valence-corrected chi connectivity index (χ1v) is 5.64. The molecule has 1 heterocycles. The number of nitrogens with two attached hydrogens (primary N) is 1.